The number of allylic oxidation sites excluding steroid dienone is 1. The van der Waals surface area contributed by atoms with E-state index in [0.29, 0.717) is 23.1 Å². The second kappa shape index (κ2) is 7.19. The van der Waals surface area contributed by atoms with E-state index in [4.69, 9.17) is 0 Å². The smallest absolute Gasteiger partial charge is 0.250 e. The Bertz CT molecular complexity index is 905. The highest BCUT2D eigenvalue weighted by molar-refractivity contribution is 8.00. The molecule has 0 spiro atoms. The number of thioether (sulfide) groups is 1. The summed E-state index contributed by atoms with van der Waals surface area (Å²) in [5.74, 6) is 0.399. The summed E-state index contributed by atoms with van der Waals surface area (Å²) in [6.45, 7) is 11.5. The molecule has 2 heterocycles. The molecule has 2 aromatic rings. The Hall–Kier alpha value is -2.61. The summed E-state index contributed by atoms with van der Waals surface area (Å²) in [6.07, 6.45) is 1.77. The molecule has 1 atom stereocenters. The largest absolute Gasteiger partial charge is 0.322 e. The molecule has 142 valence electrons. The van der Waals surface area contributed by atoms with Gasteiger partial charge in [0.25, 0.3) is 0 Å². The van der Waals surface area contributed by atoms with Crippen molar-refractivity contribution in [2.75, 3.05) is 10.2 Å². The van der Waals surface area contributed by atoms with E-state index in [0.717, 1.165) is 5.82 Å². The van der Waals surface area contributed by atoms with Crippen molar-refractivity contribution in [3.63, 3.8) is 0 Å². The number of rotatable bonds is 5. The Morgan fingerprint density at radius 3 is 2.78 bits per heavy atom. The van der Waals surface area contributed by atoms with Gasteiger partial charge in [-0.3, -0.25) is 14.5 Å². The van der Waals surface area contributed by atoms with Crippen LogP contribution in [0.4, 0.5) is 11.4 Å². The Morgan fingerprint density at radius 2 is 2.07 bits per heavy atom. The molecular formula is C19H23N5O2S. The van der Waals surface area contributed by atoms with Crippen LogP contribution in [0.5, 0.6) is 0 Å². The average Bonchev–Trinajstić information content (AvgIpc) is 2.96. The average molecular weight is 385 g/mol. The molecule has 27 heavy (non-hydrogen) atoms. The molecule has 0 bridgehead atoms. The van der Waals surface area contributed by atoms with E-state index in [1.54, 1.807) is 30.9 Å². The number of carbonyl (C=O) groups excluding carboxylic acids is 2. The van der Waals surface area contributed by atoms with Gasteiger partial charge in [0.2, 0.25) is 11.8 Å². The van der Waals surface area contributed by atoms with Crippen LogP contribution in [0.3, 0.4) is 0 Å². The molecule has 0 aliphatic carbocycles. The second-order valence-corrected chi connectivity index (χ2v) is 8.20. The van der Waals surface area contributed by atoms with Crippen LogP contribution in [0, 0.1) is 6.92 Å². The minimum absolute atomic E-state index is 0.155. The third kappa shape index (κ3) is 3.37. The van der Waals surface area contributed by atoms with E-state index in [1.807, 2.05) is 36.6 Å². The van der Waals surface area contributed by atoms with E-state index < -0.39 is 10.8 Å². The highest BCUT2D eigenvalue weighted by atomic mass is 32.2. The fourth-order valence-corrected chi connectivity index (χ4v) is 3.97. The molecule has 1 aliphatic rings. The minimum Gasteiger partial charge on any atom is -0.322 e. The van der Waals surface area contributed by atoms with Gasteiger partial charge in [-0.15, -0.1) is 16.8 Å². The molecule has 7 nitrogen and oxygen atoms in total. The molecule has 1 N–H and O–H groups in total. The van der Waals surface area contributed by atoms with E-state index in [9.17, 15) is 9.59 Å². The van der Waals surface area contributed by atoms with Crippen LogP contribution in [0.25, 0.3) is 0 Å². The summed E-state index contributed by atoms with van der Waals surface area (Å²) in [5, 5.41) is 11.3. The fraction of sp³-hybridized carbons (Fsp3) is 0.368. The van der Waals surface area contributed by atoms with E-state index in [1.165, 1.54) is 11.8 Å². The summed E-state index contributed by atoms with van der Waals surface area (Å²) < 4.78 is 1.91. The van der Waals surface area contributed by atoms with Crippen molar-refractivity contribution in [1.29, 1.82) is 0 Å². The van der Waals surface area contributed by atoms with Gasteiger partial charge in [0, 0.05) is 6.54 Å². The van der Waals surface area contributed by atoms with Crippen LogP contribution in [-0.4, -0.2) is 37.4 Å². The third-order valence-electron chi connectivity index (χ3n) is 4.57. The number of hydrogen-bond donors (Lipinski definition) is 1. The number of para-hydroxylation sites is 2. The maximum Gasteiger partial charge on any atom is 0.250 e. The van der Waals surface area contributed by atoms with Crippen LogP contribution in [0.15, 0.2) is 42.1 Å². The van der Waals surface area contributed by atoms with Crippen molar-refractivity contribution in [3.8, 4) is 0 Å². The summed E-state index contributed by atoms with van der Waals surface area (Å²) >= 11 is 1.33. The van der Waals surface area contributed by atoms with Crippen LogP contribution in [0.1, 0.15) is 26.6 Å². The van der Waals surface area contributed by atoms with E-state index >= 15 is 0 Å². The van der Waals surface area contributed by atoms with Crippen molar-refractivity contribution in [2.24, 2.45) is 0 Å². The Kier molecular flexibility index (Phi) is 5.10. The lowest BCUT2D eigenvalue weighted by atomic mass is 9.96. The number of benzene rings is 1. The van der Waals surface area contributed by atoms with Gasteiger partial charge in [0.1, 0.15) is 11.4 Å². The molecule has 1 aliphatic heterocycles. The Balaban J connectivity index is 1.92. The van der Waals surface area contributed by atoms with E-state index in [2.05, 4.69) is 22.1 Å². The summed E-state index contributed by atoms with van der Waals surface area (Å²) in [7, 11) is 0. The van der Waals surface area contributed by atoms with Crippen molar-refractivity contribution in [1.82, 2.24) is 14.8 Å². The molecule has 1 aromatic heterocycles. The lowest BCUT2D eigenvalue weighted by Gasteiger charge is -2.43. The predicted molar refractivity (Wildman–Crippen MR) is 107 cm³/mol. The SMILES string of the molecule is C=CCn1c(C)nnc1S[C@H](C)C(=O)N1c2ccccc2NC(=O)C1(C)C. The van der Waals surface area contributed by atoms with Crippen LogP contribution in [-0.2, 0) is 16.1 Å². The highest BCUT2D eigenvalue weighted by Gasteiger charge is 2.44. The first-order chi connectivity index (χ1) is 12.8. The number of nitrogens with zero attached hydrogens (tertiary/aromatic N) is 4. The Labute approximate surface area is 162 Å². The lowest BCUT2D eigenvalue weighted by Crippen LogP contribution is -2.60. The van der Waals surface area contributed by atoms with Gasteiger partial charge < -0.3 is 9.88 Å². The third-order valence-corrected chi connectivity index (χ3v) is 5.64. The molecule has 0 saturated carbocycles. The maximum absolute atomic E-state index is 13.3. The molecule has 0 saturated heterocycles. The molecule has 0 fully saturated rings. The maximum atomic E-state index is 13.3. The number of amides is 2. The number of nitrogens with one attached hydrogen (secondary N) is 1. The molecule has 1 aromatic carbocycles. The molecule has 3 rings (SSSR count). The molecule has 0 radical (unpaired) electrons. The van der Waals surface area contributed by atoms with Gasteiger partial charge in [-0.2, -0.15) is 0 Å². The van der Waals surface area contributed by atoms with Crippen molar-refractivity contribution in [3.05, 3.63) is 42.7 Å². The van der Waals surface area contributed by atoms with Crippen LogP contribution in [0.2, 0.25) is 0 Å². The number of fused-ring (bicyclic) bond motifs is 1. The van der Waals surface area contributed by atoms with Crippen molar-refractivity contribution in [2.45, 2.75) is 50.2 Å². The van der Waals surface area contributed by atoms with Crippen LogP contribution < -0.4 is 10.2 Å². The first kappa shape index (κ1) is 19.2. The van der Waals surface area contributed by atoms with Gasteiger partial charge in [0.15, 0.2) is 5.16 Å². The van der Waals surface area contributed by atoms with Gasteiger partial charge in [-0.25, -0.2) is 0 Å². The number of hydrogen-bond acceptors (Lipinski definition) is 5. The summed E-state index contributed by atoms with van der Waals surface area (Å²) in [6, 6.07) is 7.33. The number of anilines is 2. The monoisotopic (exact) mass is 385 g/mol. The zero-order valence-electron chi connectivity index (χ0n) is 15.9. The zero-order valence-corrected chi connectivity index (χ0v) is 16.7. The highest BCUT2D eigenvalue weighted by Crippen LogP contribution is 2.38. The lowest BCUT2D eigenvalue weighted by molar-refractivity contribution is -0.126. The molecule has 8 heteroatoms. The molecular weight excluding hydrogens is 362 g/mol. The first-order valence-corrected chi connectivity index (χ1v) is 9.57. The molecule has 0 unspecified atom stereocenters. The summed E-state index contributed by atoms with van der Waals surface area (Å²) in [5.41, 5.74) is 0.339. The Morgan fingerprint density at radius 1 is 1.37 bits per heavy atom. The standard InChI is InChI=1S/C19H23N5O2S/c1-6-11-23-13(3)21-22-18(23)27-12(2)16(25)24-15-10-8-7-9-14(15)20-17(26)19(24,4)5/h6-10,12H,1,11H2,2-5H3,(H,20,26)/t12-/m1/s1. The second-order valence-electron chi connectivity index (χ2n) is 6.89. The number of aromatic nitrogens is 3. The number of carbonyl (C=O) groups is 2. The van der Waals surface area contributed by atoms with Crippen LogP contribution >= 0.6 is 11.8 Å². The quantitative estimate of drug-likeness (QED) is 0.632. The van der Waals surface area contributed by atoms with Gasteiger partial charge in [-0.05, 0) is 39.8 Å². The van der Waals surface area contributed by atoms with Crippen molar-refractivity contribution < 1.29 is 9.59 Å². The minimum atomic E-state index is -0.995. The normalized spacial score (nSPS) is 16.4. The summed E-state index contributed by atoms with van der Waals surface area (Å²) in [4.78, 5) is 27.5. The first-order valence-electron chi connectivity index (χ1n) is 8.69. The topological polar surface area (TPSA) is 80.1 Å². The number of aryl methyl sites for hydroxylation is 1. The van der Waals surface area contributed by atoms with E-state index in [-0.39, 0.29) is 11.8 Å². The fourth-order valence-electron chi connectivity index (χ4n) is 3.02. The zero-order chi connectivity index (χ0) is 19.8. The van der Waals surface area contributed by atoms with Crippen molar-refractivity contribution >= 4 is 35.0 Å². The van der Waals surface area contributed by atoms with Gasteiger partial charge in [0.05, 0.1) is 16.6 Å². The predicted octanol–water partition coefficient (Wildman–Crippen LogP) is 3.02. The van der Waals surface area contributed by atoms with Gasteiger partial charge in [-0.1, -0.05) is 30.0 Å². The molecule has 2 amide bonds. The van der Waals surface area contributed by atoms with Gasteiger partial charge >= 0.3 is 0 Å².